The maximum absolute atomic E-state index is 13.3. The van der Waals surface area contributed by atoms with E-state index in [1.165, 1.54) is 12.5 Å². The van der Waals surface area contributed by atoms with Crippen LogP contribution in [0.25, 0.3) is 10.9 Å². The third-order valence-electron chi connectivity index (χ3n) is 5.31. The number of amides is 1. The first-order chi connectivity index (χ1) is 15.2. The van der Waals surface area contributed by atoms with Crippen LogP contribution in [-0.2, 0) is 0 Å². The molecule has 1 N–H and O–H groups in total. The van der Waals surface area contributed by atoms with E-state index in [0.717, 1.165) is 53.9 Å². The van der Waals surface area contributed by atoms with E-state index in [1.807, 2.05) is 25.1 Å². The Hall–Kier alpha value is -2.81. The number of nitrogens with zero attached hydrogens (tertiary/aromatic N) is 2. The van der Waals surface area contributed by atoms with E-state index in [2.05, 4.69) is 36.9 Å². The van der Waals surface area contributed by atoms with Crippen molar-refractivity contribution in [3.05, 3.63) is 58.1 Å². The number of hydrogen-bond acceptors (Lipinski definition) is 4. The van der Waals surface area contributed by atoms with Crippen LogP contribution in [0.15, 0.2) is 40.9 Å². The van der Waals surface area contributed by atoms with E-state index < -0.39 is 12.1 Å². The van der Waals surface area contributed by atoms with Gasteiger partial charge in [-0.3, -0.25) is 4.79 Å². The zero-order chi connectivity index (χ0) is 22.9. The highest BCUT2D eigenvalue weighted by molar-refractivity contribution is 9.10. The molecule has 2 heterocycles. The van der Waals surface area contributed by atoms with E-state index in [1.54, 1.807) is 0 Å². The SMILES string of the molecule is Cc1c(N2CCCCC2)nc2ccc(Br)cc2c1C(=O)Nc1[c]cc(OC(F)(F)F)cc1. The summed E-state index contributed by atoms with van der Waals surface area (Å²) in [6.07, 6.45) is -1.47. The second-order valence-corrected chi connectivity index (χ2v) is 8.50. The first-order valence-electron chi connectivity index (χ1n) is 10.1. The van der Waals surface area contributed by atoms with Gasteiger partial charge in [-0.1, -0.05) is 15.9 Å². The summed E-state index contributed by atoms with van der Waals surface area (Å²) < 4.78 is 41.8. The highest BCUT2D eigenvalue weighted by Crippen LogP contribution is 2.32. The number of carbonyl (C=O) groups excluding carboxylic acids is 1. The molecule has 0 spiro atoms. The molecule has 32 heavy (non-hydrogen) atoms. The van der Waals surface area contributed by atoms with Crippen molar-refractivity contribution < 1.29 is 22.7 Å². The molecule has 1 saturated heterocycles. The summed E-state index contributed by atoms with van der Waals surface area (Å²) in [5.74, 6) is -0.00747. The van der Waals surface area contributed by atoms with Crippen molar-refractivity contribution in [2.75, 3.05) is 23.3 Å². The Bertz CT molecular complexity index is 1140. The number of anilines is 2. The summed E-state index contributed by atoms with van der Waals surface area (Å²) in [5, 5.41) is 3.43. The van der Waals surface area contributed by atoms with Crippen LogP contribution in [-0.4, -0.2) is 30.3 Å². The van der Waals surface area contributed by atoms with Crippen LogP contribution >= 0.6 is 15.9 Å². The van der Waals surface area contributed by atoms with Gasteiger partial charge in [0.25, 0.3) is 5.91 Å². The zero-order valence-electron chi connectivity index (χ0n) is 17.2. The third kappa shape index (κ3) is 4.98. The van der Waals surface area contributed by atoms with Crippen LogP contribution in [0.3, 0.4) is 0 Å². The molecule has 2 aromatic carbocycles. The van der Waals surface area contributed by atoms with Crippen LogP contribution in [0.2, 0.25) is 0 Å². The number of fused-ring (bicyclic) bond motifs is 1. The summed E-state index contributed by atoms with van der Waals surface area (Å²) in [6.45, 7) is 3.63. The predicted octanol–water partition coefficient (Wildman–Crippen LogP) is 6.25. The number of pyridine rings is 1. The molecule has 0 aliphatic carbocycles. The smallest absolute Gasteiger partial charge is 0.406 e. The first-order valence-corrected chi connectivity index (χ1v) is 10.9. The van der Waals surface area contributed by atoms with Gasteiger partial charge in [-0.15, -0.1) is 13.2 Å². The number of rotatable bonds is 4. The highest BCUT2D eigenvalue weighted by atomic mass is 79.9. The third-order valence-corrected chi connectivity index (χ3v) is 5.81. The molecule has 0 saturated carbocycles. The maximum Gasteiger partial charge on any atom is 0.573 e. The lowest BCUT2D eigenvalue weighted by atomic mass is 10.0. The predicted molar refractivity (Wildman–Crippen MR) is 120 cm³/mol. The van der Waals surface area contributed by atoms with Gasteiger partial charge in [0, 0.05) is 40.3 Å². The Kier molecular flexibility index (Phi) is 6.28. The van der Waals surface area contributed by atoms with E-state index in [0.29, 0.717) is 16.5 Å². The molecular weight excluding hydrogens is 487 g/mol. The van der Waals surface area contributed by atoms with Crippen molar-refractivity contribution in [1.29, 1.82) is 0 Å². The average Bonchev–Trinajstić information content (AvgIpc) is 2.74. The van der Waals surface area contributed by atoms with Crippen LogP contribution in [0.1, 0.15) is 35.2 Å². The van der Waals surface area contributed by atoms with Gasteiger partial charge in [0.15, 0.2) is 0 Å². The topological polar surface area (TPSA) is 54.5 Å². The lowest BCUT2D eigenvalue weighted by Gasteiger charge is -2.30. The van der Waals surface area contributed by atoms with Crippen LogP contribution in [0.5, 0.6) is 5.75 Å². The van der Waals surface area contributed by atoms with Crippen molar-refractivity contribution in [2.24, 2.45) is 0 Å². The van der Waals surface area contributed by atoms with Gasteiger partial charge in [0.05, 0.1) is 11.1 Å². The minimum atomic E-state index is -4.79. The van der Waals surface area contributed by atoms with Gasteiger partial charge < -0.3 is 15.0 Å². The van der Waals surface area contributed by atoms with Crippen molar-refractivity contribution in [1.82, 2.24) is 4.98 Å². The number of alkyl halides is 3. The molecule has 4 rings (SSSR count). The Morgan fingerprint density at radius 2 is 1.94 bits per heavy atom. The Morgan fingerprint density at radius 1 is 1.19 bits per heavy atom. The van der Waals surface area contributed by atoms with E-state index in [4.69, 9.17) is 4.98 Å². The summed E-state index contributed by atoms with van der Waals surface area (Å²) in [7, 11) is 0. The molecule has 0 bridgehead atoms. The van der Waals surface area contributed by atoms with Crippen molar-refractivity contribution in [2.45, 2.75) is 32.5 Å². The van der Waals surface area contributed by atoms with E-state index in [9.17, 15) is 18.0 Å². The molecule has 0 unspecified atom stereocenters. The van der Waals surface area contributed by atoms with Gasteiger partial charge in [0.2, 0.25) is 0 Å². The van der Waals surface area contributed by atoms with E-state index in [-0.39, 0.29) is 11.6 Å². The lowest BCUT2D eigenvalue weighted by Crippen LogP contribution is -2.31. The second kappa shape index (κ2) is 8.97. The molecule has 1 aliphatic heterocycles. The fourth-order valence-electron chi connectivity index (χ4n) is 3.89. The normalized spacial score (nSPS) is 14.5. The van der Waals surface area contributed by atoms with Crippen LogP contribution in [0.4, 0.5) is 24.7 Å². The number of halogens is 4. The zero-order valence-corrected chi connectivity index (χ0v) is 18.8. The number of ether oxygens (including phenoxy) is 1. The number of piperidine rings is 1. The quantitative estimate of drug-likeness (QED) is 0.454. The second-order valence-electron chi connectivity index (χ2n) is 7.58. The molecule has 1 amide bonds. The largest absolute Gasteiger partial charge is 0.573 e. The van der Waals surface area contributed by atoms with Crippen molar-refractivity contribution >= 4 is 44.2 Å². The summed E-state index contributed by atoms with van der Waals surface area (Å²) in [5.41, 5.74) is 2.17. The molecule has 1 fully saturated rings. The highest BCUT2D eigenvalue weighted by Gasteiger charge is 2.31. The fraction of sp³-hybridized carbons (Fsp3) is 0.304. The number of nitrogens with one attached hydrogen (secondary N) is 1. The summed E-state index contributed by atoms with van der Waals surface area (Å²) >= 11 is 3.45. The van der Waals surface area contributed by atoms with Crippen molar-refractivity contribution in [3.8, 4) is 5.75 Å². The standard InChI is InChI=1S/C23H20BrF3N3O2/c1-14-20(22(31)28-16-6-8-17(9-7-16)32-23(25,26)27)18-13-15(24)5-10-19(18)29-21(14)30-11-3-2-4-12-30/h5-6,8-10,13H,2-4,11-12H2,1H3,(H,28,31). The van der Waals surface area contributed by atoms with Gasteiger partial charge >= 0.3 is 6.36 Å². The monoisotopic (exact) mass is 506 g/mol. The van der Waals surface area contributed by atoms with Crippen molar-refractivity contribution in [3.63, 3.8) is 0 Å². The molecule has 3 aromatic rings. The van der Waals surface area contributed by atoms with Gasteiger partial charge in [0.1, 0.15) is 11.6 Å². The number of carbonyl (C=O) groups is 1. The number of aromatic nitrogens is 1. The Labute approximate surface area is 191 Å². The minimum absolute atomic E-state index is 0.239. The molecule has 1 aromatic heterocycles. The van der Waals surface area contributed by atoms with Crippen LogP contribution < -0.4 is 15.0 Å². The molecule has 167 valence electrons. The van der Waals surface area contributed by atoms with E-state index >= 15 is 0 Å². The number of benzene rings is 2. The average molecular weight is 507 g/mol. The first kappa shape index (κ1) is 22.4. The molecule has 5 nitrogen and oxygen atoms in total. The molecular formula is C23H20BrF3N3O2. The summed E-state index contributed by atoms with van der Waals surface area (Å²) in [6, 6.07) is 11.7. The maximum atomic E-state index is 13.3. The van der Waals surface area contributed by atoms with Crippen LogP contribution in [0, 0.1) is 13.0 Å². The summed E-state index contributed by atoms with van der Waals surface area (Å²) in [4.78, 5) is 20.3. The minimum Gasteiger partial charge on any atom is -0.406 e. The lowest BCUT2D eigenvalue weighted by molar-refractivity contribution is -0.274. The molecule has 9 heteroatoms. The van der Waals surface area contributed by atoms with Gasteiger partial charge in [-0.2, -0.15) is 0 Å². The molecule has 0 atom stereocenters. The fourth-order valence-corrected chi connectivity index (χ4v) is 4.26. The molecule has 1 radical (unpaired) electrons. The Morgan fingerprint density at radius 3 is 2.59 bits per heavy atom. The Balaban J connectivity index is 1.69. The molecule has 1 aliphatic rings. The van der Waals surface area contributed by atoms with Gasteiger partial charge in [-0.25, -0.2) is 4.98 Å². The number of hydrogen-bond donors (Lipinski definition) is 1. The van der Waals surface area contributed by atoms with Gasteiger partial charge in [-0.05, 0) is 62.6 Å².